The topological polar surface area (TPSA) is 45.7 Å². The molecule has 0 bridgehead atoms. The molecular weight excluding hydrogens is 314 g/mol. The van der Waals surface area contributed by atoms with Crippen LogP contribution in [0.5, 0.6) is 0 Å². The summed E-state index contributed by atoms with van der Waals surface area (Å²) in [6.07, 6.45) is 4.18. The number of rotatable bonds is 2. The van der Waals surface area contributed by atoms with E-state index in [1.54, 1.807) is 0 Å². The summed E-state index contributed by atoms with van der Waals surface area (Å²) in [5, 5.41) is 0.913. The van der Waals surface area contributed by atoms with Crippen LogP contribution in [-0.4, -0.2) is 54.2 Å². The molecule has 1 fully saturated rings. The molecule has 0 saturated carbocycles. The number of morpholine rings is 1. The number of para-hydroxylation sites is 1. The second kappa shape index (κ2) is 6.48. The van der Waals surface area contributed by atoms with Gasteiger partial charge in [-0.2, -0.15) is 0 Å². The highest BCUT2D eigenvalue weighted by Crippen LogP contribution is 2.27. The van der Waals surface area contributed by atoms with Crippen molar-refractivity contribution in [1.82, 2.24) is 9.88 Å². The predicted octanol–water partition coefficient (Wildman–Crippen LogP) is 2.86. The van der Waals surface area contributed by atoms with E-state index >= 15 is 0 Å². The van der Waals surface area contributed by atoms with Gasteiger partial charge in [0.1, 0.15) is 5.82 Å². The van der Waals surface area contributed by atoms with Crippen LogP contribution in [0.15, 0.2) is 42.5 Å². The minimum atomic E-state index is 0.0677. The number of fused-ring (bicyclic) bond motifs is 1. The number of ether oxygens (including phenoxy) is 1. The molecule has 1 aromatic heterocycles. The first-order valence-electron chi connectivity index (χ1n) is 8.88. The van der Waals surface area contributed by atoms with Crippen LogP contribution in [0.1, 0.15) is 24.2 Å². The number of carbonyl (C=O) groups is 1. The Bertz CT molecular complexity index is 815. The van der Waals surface area contributed by atoms with Crippen LogP contribution in [-0.2, 0) is 4.74 Å². The molecule has 0 spiro atoms. The number of pyridine rings is 1. The standard InChI is InChI=1S/C20H23N3O2/c1-14-7-8-15(2)23(14)20(24)17-13-19(22-9-11-25-12-10-22)21-18-6-4-3-5-16(17)18/h3-8,13-15H,9-12H2,1-2H3. The predicted molar refractivity (Wildman–Crippen MR) is 99.0 cm³/mol. The molecule has 25 heavy (non-hydrogen) atoms. The summed E-state index contributed by atoms with van der Waals surface area (Å²) >= 11 is 0. The van der Waals surface area contributed by atoms with Crippen molar-refractivity contribution in [3.63, 3.8) is 0 Å². The van der Waals surface area contributed by atoms with Gasteiger partial charge in [0, 0.05) is 30.6 Å². The van der Waals surface area contributed by atoms with E-state index in [4.69, 9.17) is 9.72 Å². The fourth-order valence-corrected chi connectivity index (χ4v) is 3.68. The lowest BCUT2D eigenvalue weighted by atomic mass is 10.1. The van der Waals surface area contributed by atoms with Crippen LogP contribution < -0.4 is 4.90 Å². The molecule has 0 aliphatic carbocycles. The van der Waals surface area contributed by atoms with Crippen molar-refractivity contribution in [1.29, 1.82) is 0 Å². The summed E-state index contributed by atoms with van der Waals surface area (Å²) < 4.78 is 5.44. The van der Waals surface area contributed by atoms with Crippen molar-refractivity contribution in [2.45, 2.75) is 25.9 Å². The van der Waals surface area contributed by atoms with Gasteiger partial charge in [0.15, 0.2) is 0 Å². The van der Waals surface area contributed by atoms with E-state index < -0.39 is 0 Å². The normalized spacial score (nSPS) is 23.4. The molecule has 2 unspecified atom stereocenters. The van der Waals surface area contributed by atoms with Crippen molar-refractivity contribution in [3.05, 3.63) is 48.0 Å². The van der Waals surface area contributed by atoms with Crippen molar-refractivity contribution < 1.29 is 9.53 Å². The third kappa shape index (κ3) is 2.89. The van der Waals surface area contributed by atoms with Gasteiger partial charge in [-0.05, 0) is 26.0 Å². The maximum Gasteiger partial charge on any atom is 0.255 e. The average Bonchev–Trinajstić information content (AvgIpc) is 2.99. The number of hydrogen-bond donors (Lipinski definition) is 0. The molecule has 1 saturated heterocycles. The van der Waals surface area contributed by atoms with E-state index in [-0.39, 0.29) is 18.0 Å². The minimum Gasteiger partial charge on any atom is -0.378 e. The van der Waals surface area contributed by atoms with Crippen LogP contribution in [0.3, 0.4) is 0 Å². The number of benzene rings is 1. The Morgan fingerprint density at radius 2 is 1.80 bits per heavy atom. The Labute approximate surface area is 147 Å². The third-order valence-electron chi connectivity index (χ3n) is 5.05. The number of aromatic nitrogens is 1. The Balaban J connectivity index is 1.79. The first-order chi connectivity index (χ1) is 12.1. The quantitative estimate of drug-likeness (QED) is 0.791. The molecule has 0 N–H and O–H groups in total. The summed E-state index contributed by atoms with van der Waals surface area (Å²) in [6, 6.07) is 10.1. The highest BCUT2D eigenvalue weighted by Gasteiger charge is 2.29. The number of carbonyl (C=O) groups excluding carboxylic acids is 1. The summed E-state index contributed by atoms with van der Waals surface area (Å²) in [7, 11) is 0. The summed E-state index contributed by atoms with van der Waals surface area (Å²) in [4.78, 5) is 22.3. The van der Waals surface area contributed by atoms with Crippen LogP contribution in [0, 0.1) is 0 Å². The minimum absolute atomic E-state index is 0.0677. The molecule has 2 atom stereocenters. The van der Waals surface area contributed by atoms with Gasteiger partial charge in [0.2, 0.25) is 0 Å². The zero-order valence-corrected chi connectivity index (χ0v) is 14.7. The van der Waals surface area contributed by atoms with E-state index in [1.165, 1.54) is 0 Å². The molecule has 5 heteroatoms. The molecule has 0 radical (unpaired) electrons. The molecule has 5 nitrogen and oxygen atoms in total. The molecule has 2 aromatic rings. The Hall–Kier alpha value is -2.40. The summed E-state index contributed by atoms with van der Waals surface area (Å²) in [6.45, 7) is 7.12. The van der Waals surface area contributed by atoms with Gasteiger partial charge in [0.05, 0.1) is 24.3 Å². The van der Waals surface area contributed by atoms with Crippen LogP contribution in [0.25, 0.3) is 10.9 Å². The van der Waals surface area contributed by atoms with Gasteiger partial charge in [0.25, 0.3) is 5.91 Å². The lowest BCUT2D eigenvalue weighted by Gasteiger charge is -2.30. The Kier molecular flexibility index (Phi) is 4.17. The van der Waals surface area contributed by atoms with E-state index in [1.807, 2.05) is 35.2 Å². The zero-order valence-electron chi connectivity index (χ0n) is 14.7. The van der Waals surface area contributed by atoms with E-state index in [0.29, 0.717) is 13.2 Å². The van der Waals surface area contributed by atoms with Gasteiger partial charge < -0.3 is 14.5 Å². The molecular formula is C20H23N3O2. The smallest absolute Gasteiger partial charge is 0.255 e. The number of anilines is 1. The highest BCUT2D eigenvalue weighted by molar-refractivity contribution is 6.07. The second-order valence-corrected chi connectivity index (χ2v) is 6.72. The average molecular weight is 337 g/mol. The molecule has 3 heterocycles. The molecule has 4 rings (SSSR count). The second-order valence-electron chi connectivity index (χ2n) is 6.72. The Morgan fingerprint density at radius 1 is 1.12 bits per heavy atom. The fraction of sp³-hybridized carbons (Fsp3) is 0.400. The number of nitrogens with zero attached hydrogens (tertiary/aromatic N) is 3. The van der Waals surface area contributed by atoms with Crippen molar-refractivity contribution in [2.24, 2.45) is 0 Å². The van der Waals surface area contributed by atoms with Crippen LogP contribution in [0.2, 0.25) is 0 Å². The monoisotopic (exact) mass is 337 g/mol. The maximum atomic E-state index is 13.3. The van der Waals surface area contributed by atoms with Crippen molar-refractivity contribution in [3.8, 4) is 0 Å². The number of amides is 1. The Morgan fingerprint density at radius 3 is 2.52 bits per heavy atom. The lowest BCUT2D eigenvalue weighted by Crippen LogP contribution is -2.40. The largest absolute Gasteiger partial charge is 0.378 e. The van der Waals surface area contributed by atoms with Gasteiger partial charge in [-0.15, -0.1) is 0 Å². The molecule has 2 aliphatic rings. The molecule has 1 amide bonds. The van der Waals surface area contributed by atoms with Crippen molar-refractivity contribution >= 4 is 22.6 Å². The first kappa shape index (κ1) is 16.1. The van der Waals surface area contributed by atoms with Gasteiger partial charge in [-0.3, -0.25) is 4.79 Å². The van der Waals surface area contributed by atoms with Gasteiger partial charge in [-0.1, -0.05) is 30.4 Å². The van der Waals surface area contributed by atoms with E-state index in [0.717, 1.165) is 35.4 Å². The van der Waals surface area contributed by atoms with E-state index in [2.05, 4.69) is 30.9 Å². The van der Waals surface area contributed by atoms with Crippen LogP contribution in [0.4, 0.5) is 5.82 Å². The third-order valence-corrected chi connectivity index (χ3v) is 5.05. The zero-order chi connectivity index (χ0) is 17.4. The number of hydrogen-bond acceptors (Lipinski definition) is 4. The maximum absolute atomic E-state index is 13.3. The van der Waals surface area contributed by atoms with E-state index in [9.17, 15) is 4.79 Å². The van der Waals surface area contributed by atoms with Gasteiger partial charge >= 0.3 is 0 Å². The van der Waals surface area contributed by atoms with Crippen molar-refractivity contribution in [2.75, 3.05) is 31.2 Å². The summed E-state index contributed by atoms with van der Waals surface area (Å²) in [5.74, 6) is 0.927. The van der Waals surface area contributed by atoms with Gasteiger partial charge in [-0.25, -0.2) is 4.98 Å². The molecule has 130 valence electrons. The SMILES string of the molecule is CC1C=CC(C)N1C(=O)c1cc(N2CCOCC2)nc2ccccc12. The molecule has 1 aromatic carbocycles. The highest BCUT2D eigenvalue weighted by atomic mass is 16.5. The fourth-order valence-electron chi connectivity index (χ4n) is 3.68. The van der Waals surface area contributed by atoms with Crippen LogP contribution >= 0.6 is 0 Å². The molecule has 2 aliphatic heterocycles. The first-order valence-corrected chi connectivity index (χ1v) is 8.88. The lowest BCUT2D eigenvalue weighted by molar-refractivity contribution is 0.0711. The summed E-state index contributed by atoms with van der Waals surface area (Å²) in [5.41, 5.74) is 1.59.